The molecule has 23 heavy (non-hydrogen) atoms. The van der Waals surface area contributed by atoms with E-state index in [0.29, 0.717) is 6.42 Å². The van der Waals surface area contributed by atoms with E-state index < -0.39 is 31.5 Å². The van der Waals surface area contributed by atoms with Crippen LogP contribution in [-0.4, -0.2) is 47.3 Å². The minimum Gasteiger partial charge on any atom is -0.329 e. The first-order valence-electron chi connectivity index (χ1n) is 7.00. The highest BCUT2D eigenvalue weighted by atomic mass is 32.2. The Morgan fingerprint density at radius 1 is 1.22 bits per heavy atom. The minimum atomic E-state index is -3.72. The molecule has 1 aromatic carbocycles. The van der Waals surface area contributed by atoms with Crippen molar-refractivity contribution in [2.75, 3.05) is 29.9 Å². The fourth-order valence-corrected chi connectivity index (χ4v) is 4.13. The molecule has 0 heterocycles. The zero-order valence-electron chi connectivity index (χ0n) is 12.8. The number of benzene rings is 1. The van der Waals surface area contributed by atoms with Crippen LogP contribution in [0.25, 0.3) is 0 Å². The Labute approximate surface area is 136 Å². The first-order valence-corrected chi connectivity index (χ1v) is 10.3. The van der Waals surface area contributed by atoms with E-state index in [1.54, 1.807) is 6.92 Å². The normalized spacial score (nSPS) is 12.1. The van der Waals surface area contributed by atoms with Gasteiger partial charge >= 0.3 is 0 Å². The van der Waals surface area contributed by atoms with Crippen LogP contribution in [0, 0.1) is 0 Å². The maximum Gasteiger partial charge on any atom is 0.240 e. The van der Waals surface area contributed by atoms with Crippen LogP contribution in [0.15, 0.2) is 29.2 Å². The molecule has 0 fully saturated rings. The average molecular weight is 363 g/mol. The van der Waals surface area contributed by atoms with E-state index in [1.807, 2.05) is 0 Å². The molecule has 0 aromatic heterocycles. The fourth-order valence-electron chi connectivity index (χ4n) is 1.80. The lowest BCUT2D eigenvalue weighted by Crippen LogP contribution is -2.29. The molecule has 0 aliphatic carbocycles. The van der Waals surface area contributed by atoms with Gasteiger partial charge in [-0.2, -0.15) is 0 Å². The number of anilines is 1. The molecule has 0 bridgehead atoms. The van der Waals surface area contributed by atoms with Crippen LogP contribution in [0.1, 0.15) is 13.3 Å². The van der Waals surface area contributed by atoms with Crippen molar-refractivity contribution in [1.29, 1.82) is 0 Å². The Balaban J connectivity index is 2.84. The van der Waals surface area contributed by atoms with Gasteiger partial charge in [0, 0.05) is 18.8 Å². The standard InChI is InChI=1S/C13H21N3O5S2/c1-2-8-22(18,19)10-13(17)16-11-4-3-5-12(9-11)23(20,21)15-7-6-14/h3-5,9,15H,2,6-8,10,14H2,1H3,(H,16,17). The van der Waals surface area contributed by atoms with E-state index >= 15 is 0 Å². The van der Waals surface area contributed by atoms with Gasteiger partial charge in [0.2, 0.25) is 15.9 Å². The first-order chi connectivity index (χ1) is 10.7. The van der Waals surface area contributed by atoms with Crippen molar-refractivity contribution in [2.24, 2.45) is 5.73 Å². The zero-order valence-corrected chi connectivity index (χ0v) is 14.4. The summed E-state index contributed by atoms with van der Waals surface area (Å²) >= 11 is 0. The highest BCUT2D eigenvalue weighted by Gasteiger charge is 2.17. The first kappa shape index (κ1) is 19.6. The largest absolute Gasteiger partial charge is 0.329 e. The summed E-state index contributed by atoms with van der Waals surface area (Å²) in [6.07, 6.45) is 0.427. The van der Waals surface area contributed by atoms with E-state index in [4.69, 9.17) is 5.73 Å². The molecule has 10 heteroatoms. The van der Waals surface area contributed by atoms with E-state index in [1.165, 1.54) is 24.3 Å². The van der Waals surface area contributed by atoms with Crippen molar-refractivity contribution in [3.05, 3.63) is 24.3 Å². The summed E-state index contributed by atoms with van der Waals surface area (Å²) in [6, 6.07) is 5.55. The number of carbonyl (C=O) groups excluding carboxylic acids is 1. The van der Waals surface area contributed by atoms with Crippen molar-refractivity contribution < 1.29 is 21.6 Å². The third kappa shape index (κ3) is 6.65. The smallest absolute Gasteiger partial charge is 0.240 e. The number of nitrogens with two attached hydrogens (primary N) is 1. The van der Waals surface area contributed by atoms with Crippen molar-refractivity contribution >= 4 is 31.5 Å². The summed E-state index contributed by atoms with van der Waals surface area (Å²) in [4.78, 5) is 11.7. The van der Waals surface area contributed by atoms with Gasteiger partial charge in [0.05, 0.1) is 10.6 Å². The summed E-state index contributed by atoms with van der Waals surface area (Å²) in [5.74, 6) is -1.41. The predicted octanol–water partition coefficient (Wildman–Crippen LogP) is -0.313. The molecular formula is C13H21N3O5S2. The fraction of sp³-hybridized carbons (Fsp3) is 0.462. The molecule has 8 nitrogen and oxygen atoms in total. The van der Waals surface area contributed by atoms with E-state index in [9.17, 15) is 21.6 Å². The quantitative estimate of drug-likeness (QED) is 0.550. The van der Waals surface area contributed by atoms with Gasteiger partial charge in [0.25, 0.3) is 0 Å². The maximum atomic E-state index is 12.0. The van der Waals surface area contributed by atoms with Gasteiger partial charge in [-0.1, -0.05) is 13.0 Å². The van der Waals surface area contributed by atoms with E-state index in [0.717, 1.165) is 0 Å². The predicted molar refractivity (Wildman–Crippen MR) is 88.3 cm³/mol. The molecular weight excluding hydrogens is 342 g/mol. The van der Waals surface area contributed by atoms with Gasteiger partial charge in [-0.3, -0.25) is 4.79 Å². The van der Waals surface area contributed by atoms with E-state index in [-0.39, 0.29) is 29.4 Å². The van der Waals surface area contributed by atoms with Crippen molar-refractivity contribution in [3.8, 4) is 0 Å². The van der Waals surface area contributed by atoms with Gasteiger partial charge in [0.1, 0.15) is 5.75 Å². The highest BCUT2D eigenvalue weighted by molar-refractivity contribution is 7.92. The third-order valence-electron chi connectivity index (χ3n) is 2.73. The molecule has 1 aromatic rings. The number of rotatable bonds is 9. The van der Waals surface area contributed by atoms with Crippen LogP contribution in [0.2, 0.25) is 0 Å². The van der Waals surface area contributed by atoms with Crippen LogP contribution in [0.5, 0.6) is 0 Å². The number of sulfonamides is 1. The number of nitrogens with one attached hydrogen (secondary N) is 2. The summed E-state index contributed by atoms with van der Waals surface area (Å²) in [5.41, 5.74) is 5.46. The molecule has 0 spiro atoms. The Kier molecular flexibility index (Phi) is 7.13. The Hall–Kier alpha value is -1.49. The number of sulfone groups is 1. The molecule has 0 unspecified atom stereocenters. The lowest BCUT2D eigenvalue weighted by atomic mass is 10.3. The molecule has 1 rings (SSSR count). The molecule has 1 amide bonds. The summed E-state index contributed by atoms with van der Waals surface area (Å²) in [7, 11) is -7.18. The molecule has 0 radical (unpaired) electrons. The lowest BCUT2D eigenvalue weighted by Gasteiger charge is -2.09. The van der Waals surface area contributed by atoms with Gasteiger partial charge in [-0.15, -0.1) is 0 Å². The molecule has 0 atom stereocenters. The topological polar surface area (TPSA) is 135 Å². The molecule has 0 aliphatic heterocycles. The number of hydrogen-bond acceptors (Lipinski definition) is 6. The molecule has 130 valence electrons. The van der Waals surface area contributed by atoms with Gasteiger partial charge in [-0.05, 0) is 24.6 Å². The summed E-state index contributed by atoms with van der Waals surface area (Å²) in [6.45, 7) is 1.96. The third-order valence-corrected chi connectivity index (χ3v) is 5.92. The Morgan fingerprint density at radius 3 is 2.52 bits per heavy atom. The van der Waals surface area contributed by atoms with Crippen LogP contribution in [-0.2, 0) is 24.7 Å². The molecule has 0 saturated heterocycles. The molecule has 0 saturated carbocycles. The van der Waals surface area contributed by atoms with Crippen molar-refractivity contribution in [1.82, 2.24) is 4.72 Å². The maximum absolute atomic E-state index is 12.0. The molecule has 4 N–H and O–H groups in total. The Bertz CT molecular complexity index is 745. The Morgan fingerprint density at radius 2 is 1.91 bits per heavy atom. The second kappa shape index (κ2) is 8.39. The second-order valence-electron chi connectivity index (χ2n) is 4.85. The molecule has 0 aliphatic rings. The van der Waals surface area contributed by atoms with Crippen molar-refractivity contribution in [3.63, 3.8) is 0 Å². The van der Waals surface area contributed by atoms with Crippen LogP contribution >= 0.6 is 0 Å². The number of amides is 1. The number of hydrogen-bond donors (Lipinski definition) is 3. The number of carbonyl (C=O) groups is 1. The second-order valence-corrected chi connectivity index (χ2v) is 8.81. The minimum absolute atomic E-state index is 0.0415. The summed E-state index contributed by atoms with van der Waals surface area (Å²) < 4.78 is 49.4. The zero-order chi connectivity index (χ0) is 17.5. The highest BCUT2D eigenvalue weighted by Crippen LogP contribution is 2.15. The van der Waals surface area contributed by atoms with Gasteiger partial charge < -0.3 is 11.1 Å². The van der Waals surface area contributed by atoms with Crippen LogP contribution < -0.4 is 15.8 Å². The van der Waals surface area contributed by atoms with Gasteiger partial charge in [0.15, 0.2) is 9.84 Å². The van der Waals surface area contributed by atoms with Crippen LogP contribution in [0.3, 0.4) is 0 Å². The monoisotopic (exact) mass is 363 g/mol. The summed E-state index contributed by atoms with van der Waals surface area (Å²) in [5, 5.41) is 2.39. The SMILES string of the molecule is CCCS(=O)(=O)CC(=O)Nc1cccc(S(=O)(=O)NCCN)c1. The van der Waals surface area contributed by atoms with E-state index in [2.05, 4.69) is 10.0 Å². The lowest BCUT2D eigenvalue weighted by molar-refractivity contribution is -0.113. The van der Waals surface area contributed by atoms with Crippen LogP contribution in [0.4, 0.5) is 5.69 Å². The van der Waals surface area contributed by atoms with Gasteiger partial charge in [-0.25, -0.2) is 21.6 Å². The average Bonchev–Trinajstić information content (AvgIpc) is 2.44. The van der Waals surface area contributed by atoms with Crippen molar-refractivity contribution in [2.45, 2.75) is 18.2 Å².